The van der Waals surface area contributed by atoms with Gasteiger partial charge in [0.15, 0.2) is 0 Å². The smallest absolute Gasteiger partial charge is 0.105 e. The van der Waals surface area contributed by atoms with E-state index in [2.05, 4.69) is 39.5 Å². The molecule has 1 unspecified atom stereocenters. The molecule has 0 radical (unpaired) electrons. The van der Waals surface area contributed by atoms with Crippen molar-refractivity contribution in [2.75, 3.05) is 32.9 Å². The molecule has 0 bridgehead atoms. The van der Waals surface area contributed by atoms with Gasteiger partial charge in [-0.2, -0.15) is 0 Å². The third-order valence-electron chi connectivity index (χ3n) is 5.59. The van der Waals surface area contributed by atoms with Crippen molar-refractivity contribution < 1.29 is 9.47 Å². The average Bonchev–Trinajstić information content (AvgIpc) is 3.06. The fourth-order valence-electron chi connectivity index (χ4n) is 4.05. The number of ether oxygens (including phenoxy) is 2. The molecule has 1 atom stereocenters. The molecule has 4 rings (SSSR count). The summed E-state index contributed by atoms with van der Waals surface area (Å²) >= 11 is 0. The first-order chi connectivity index (χ1) is 12.8. The number of aryl methyl sites for hydroxylation is 1. The van der Waals surface area contributed by atoms with Gasteiger partial charge in [-0.05, 0) is 24.3 Å². The molecule has 3 heterocycles. The van der Waals surface area contributed by atoms with Crippen LogP contribution in [0.4, 0.5) is 0 Å². The second kappa shape index (κ2) is 8.29. The number of rotatable bonds is 6. The van der Waals surface area contributed by atoms with E-state index in [1.807, 2.05) is 17.8 Å². The van der Waals surface area contributed by atoms with Crippen LogP contribution in [0.1, 0.15) is 35.8 Å². The maximum absolute atomic E-state index is 6.10. The lowest BCUT2D eigenvalue weighted by molar-refractivity contribution is 0.0136. The molecule has 0 aliphatic carbocycles. The van der Waals surface area contributed by atoms with E-state index in [1.54, 1.807) is 0 Å². The molecule has 140 valence electrons. The van der Waals surface area contributed by atoms with E-state index in [-0.39, 0.29) is 6.04 Å². The van der Waals surface area contributed by atoms with Crippen molar-refractivity contribution in [2.24, 2.45) is 13.0 Å². The van der Waals surface area contributed by atoms with Crippen LogP contribution in [-0.2, 0) is 29.5 Å². The predicted molar refractivity (Wildman–Crippen MR) is 98.7 cm³/mol. The maximum Gasteiger partial charge on any atom is 0.105 e. The van der Waals surface area contributed by atoms with Crippen LogP contribution in [0.2, 0.25) is 0 Å². The van der Waals surface area contributed by atoms with E-state index in [9.17, 15) is 0 Å². The number of benzene rings is 1. The Morgan fingerprint density at radius 1 is 1.19 bits per heavy atom. The molecule has 1 fully saturated rings. The Kier molecular flexibility index (Phi) is 5.62. The molecule has 0 amide bonds. The van der Waals surface area contributed by atoms with Gasteiger partial charge in [0.1, 0.15) is 5.69 Å². The summed E-state index contributed by atoms with van der Waals surface area (Å²) in [6, 6.07) is 10.5. The molecule has 2 aliphatic rings. The molecule has 1 saturated heterocycles. The van der Waals surface area contributed by atoms with E-state index in [4.69, 9.17) is 9.47 Å². The molecule has 1 aromatic heterocycles. The van der Waals surface area contributed by atoms with Crippen LogP contribution in [0.3, 0.4) is 0 Å². The highest BCUT2D eigenvalue weighted by Crippen LogP contribution is 2.30. The summed E-state index contributed by atoms with van der Waals surface area (Å²) in [5, 5.41) is 8.73. The lowest BCUT2D eigenvalue weighted by Gasteiger charge is -2.37. The van der Waals surface area contributed by atoms with Gasteiger partial charge < -0.3 is 9.47 Å². The molecule has 26 heavy (non-hydrogen) atoms. The lowest BCUT2D eigenvalue weighted by Crippen LogP contribution is -2.42. The zero-order chi connectivity index (χ0) is 17.8. The SMILES string of the molecule is Cn1nnc2c1CCN(CC1CCOCC1)C2COCc1ccccc1. The Hall–Kier alpha value is -1.76. The van der Waals surface area contributed by atoms with Crippen LogP contribution in [0.5, 0.6) is 0 Å². The Bertz CT molecular complexity index is 697. The molecule has 6 nitrogen and oxygen atoms in total. The fourth-order valence-corrected chi connectivity index (χ4v) is 4.05. The summed E-state index contributed by atoms with van der Waals surface area (Å²) in [7, 11) is 1.99. The molecule has 0 N–H and O–H groups in total. The van der Waals surface area contributed by atoms with Crippen LogP contribution in [0, 0.1) is 5.92 Å². The van der Waals surface area contributed by atoms with Gasteiger partial charge in [-0.25, -0.2) is 0 Å². The first kappa shape index (κ1) is 17.6. The number of aromatic nitrogens is 3. The zero-order valence-electron chi connectivity index (χ0n) is 15.5. The van der Waals surface area contributed by atoms with Crippen molar-refractivity contribution in [1.82, 2.24) is 19.9 Å². The van der Waals surface area contributed by atoms with Gasteiger partial charge in [0.05, 0.1) is 24.9 Å². The van der Waals surface area contributed by atoms with Crippen LogP contribution >= 0.6 is 0 Å². The molecule has 2 aliphatic heterocycles. The summed E-state index contributed by atoms with van der Waals surface area (Å²) in [5.74, 6) is 0.707. The number of hydrogen-bond donors (Lipinski definition) is 0. The van der Waals surface area contributed by atoms with Crippen LogP contribution < -0.4 is 0 Å². The minimum Gasteiger partial charge on any atom is -0.381 e. The van der Waals surface area contributed by atoms with E-state index in [0.29, 0.717) is 19.1 Å². The summed E-state index contributed by atoms with van der Waals surface area (Å²) < 4.78 is 13.5. The van der Waals surface area contributed by atoms with Crippen molar-refractivity contribution in [3.8, 4) is 0 Å². The largest absolute Gasteiger partial charge is 0.381 e. The van der Waals surface area contributed by atoms with Crippen molar-refractivity contribution in [1.29, 1.82) is 0 Å². The first-order valence-electron chi connectivity index (χ1n) is 9.63. The molecule has 2 aromatic rings. The zero-order valence-corrected chi connectivity index (χ0v) is 15.5. The fraction of sp³-hybridized carbons (Fsp3) is 0.600. The lowest BCUT2D eigenvalue weighted by atomic mass is 9.96. The minimum atomic E-state index is 0.194. The second-order valence-corrected chi connectivity index (χ2v) is 7.36. The van der Waals surface area contributed by atoms with E-state index in [0.717, 1.165) is 51.3 Å². The monoisotopic (exact) mass is 356 g/mol. The average molecular weight is 356 g/mol. The van der Waals surface area contributed by atoms with Crippen molar-refractivity contribution in [2.45, 2.75) is 31.9 Å². The van der Waals surface area contributed by atoms with Crippen molar-refractivity contribution in [3.63, 3.8) is 0 Å². The molecule has 0 saturated carbocycles. The normalized spacial score (nSPS) is 21.7. The number of hydrogen-bond acceptors (Lipinski definition) is 5. The van der Waals surface area contributed by atoms with Crippen LogP contribution in [0.25, 0.3) is 0 Å². The summed E-state index contributed by atoms with van der Waals surface area (Å²) in [6.07, 6.45) is 3.32. The molecule has 0 spiro atoms. The third-order valence-corrected chi connectivity index (χ3v) is 5.59. The van der Waals surface area contributed by atoms with Crippen LogP contribution in [-0.4, -0.2) is 52.8 Å². The number of nitrogens with zero attached hydrogens (tertiary/aromatic N) is 4. The Labute approximate surface area is 155 Å². The van der Waals surface area contributed by atoms with Gasteiger partial charge in [-0.15, -0.1) is 5.10 Å². The summed E-state index contributed by atoms with van der Waals surface area (Å²) in [6.45, 7) is 5.22. The van der Waals surface area contributed by atoms with Crippen molar-refractivity contribution >= 4 is 0 Å². The Balaban J connectivity index is 1.44. The molecule has 6 heteroatoms. The topological polar surface area (TPSA) is 52.4 Å². The first-order valence-corrected chi connectivity index (χ1v) is 9.63. The van der Waals surface area contributed by atoms with Gasteiger partial charge >= 0.3 is 0 Å². The molecule has 1 aromatic carbocycles. The van der Waals surface area contributed by atoms with Gasteiger partial charge in [-0.1, -0.05) is 35.5 Å². The quantitative estimate of drug-likeness (QED) is 0.795. The second-order valence-electron chi connectivity index (χ2n) is 7.36. The Morgan fingerprint density at radius 3 is 2.81 bits per heavy atom. The van der Waals surface area contributed by atoms with Gasteiger partial charge in [0, 0.05) is 39.8 Å². The Morgan fingerprint density at radius 2 is 2.00 bits per heavy atom. The van der Waals surface area contributed by atoms with Crippen LogP contribution in [0.15, 0.2) is 30.3 Å². The maximum atomic E-state index is 6.10. The van der Waals surface area contributed by atoms with E-state index < -0.39 is 0 Å². The predicted octanol–water partition coefficient (Wildman–Crippen LogP) is 2.36. The van der Waals surface area contributed by atoms with Gasteiger partial charge in [0.25, 0.3) is 0 Å². The number of fused-ring (bicyclic) bond motifs is 1. The van der Waals surface area contributed by atoms with Gasteiger partial charge in [-0.3, -0.25) is 9.58 Å². The standard InChI is InChI=1S/C20H28N4O2/c1-23-18-7-10-24(13-16-8-11-25-12-9-16)19(20(18)21-22-23)15-26-14-17-5-3-2-4-6-17/h2-6,16,19H,7-15H2,1H3. The summed E-state index contributed by atoms with van der Waals surface area (Å²) in [4.78, 5) is 2.55. The van der Waals surface area contributed by atoms with E-state index in [1.165, 1.54) is 11.3 Å². The van der Waals surface area contributed by atoms with Crippen molar-refractivity contribution in [3.05, 3.63) is 47.3 Å². The highest BCUT2D eigenvalue weighted by molar-refractivity contribution is 5.19. The van der Waals surface area contributed by atoms with E-state index >= 15 is 0 Å². The van der Waals surface area contributed by atoms with Gasteiger partial charge in [0.2, 0.25) is 0 Å². The highest BCUT2D eigenvalue weighted by Gasteiger charge is 2.33. The summed E-state index contributed by atoms with van der Waals surface area (Å²) in [5.41, 5.74) is 3.55. The molecular formula is C20H28N4O2. The minimum absolute atomic E-state index is 0.194. The molecular weight excluding hydrogens is 328 g/mol. The highest BCUT2D eigenvalue weighted by atomic mass is 16.5. The third kappa shape index (κ3) is 3.98.